The first kappa shape index (κ1) is 12.5. The van der Waals surface area contributed by atoms with Gasteiger partial charge in [-0.25, -0.2) is 0 Å². The molecule has 1 fully saturated rings. The number of aromatic nitrogens is 2. The van der Waals surface area contributed by atoms with Crippen molar-refractivity contribution in [2.24, 2.45) is 5.73 Å². The van der Waals surface area contributed by atoms with E-state index in [4.69, 9.17) is 10.3 Å². The van der Waals surface area contributed by atoms with Crippen molar-refractivity contribution in [1.82, 2.24) is 15.0 Å². The molecule has 0 aliphatic heterocycles. The lowest BCUT2D eigenvalue weighted by atomic mass is 9.86. The lowest BCUT2D eigenvalue weighted by Gasteiger charge is -2.21. The van der Waals surface area contributed by atoms with Gasteiger partial charge in [-0.05, 0) is 26.9 Å². The molecule has 1 heterocycles. The molecular formula is C12H22N4O. The van der Waals surface area contributed by atoms with Crippen molar-refractivity contribution in [3.8, 4) is 0 Å². The van der Waals surface area contributed by atoms with E-state index in [9.17, 15) is 0 Å². The second-order valence-electron chi connectivity index (χ2n) is 5.26. The molecule has 17 heavy (non-hydrogen) atoms. The van der Waals surface area contributed by atoms with E-state index in [2.05, 4.69) is 15.0 Å². The number of rotatable bonds is 5. The van der Waals surface area contributed by atoms with Gasteiger partial charge in [-0.1, -0.05) is 18.0 Å². The van der Waals surface area contributed by atoms with Gasteiger partial charge in [-0.15, -0.1) is 0 Å². The van der Waals surface area contributed by atoms with Crippen molar-refractivity contribution in [2.75, 3.05) is 27.2 Å². The number of hydrogen-bond acceptors (Lipinski definition) is 5. The summed E-state index contributed by atoms with van der Waals surface area (Å²) in [5.74, 6) is 1.56. The summed E-state index contributed by atoms with van der Waals surface area (Å²) in [6, 6.07) is 0. The van der Waals surface area contributed by atoms with Crippen LogP contribution in [-0.4, -0.2) is 42.2 Å². The number of likely N-dealkylation sites (N-methyl/N-ethyl adjacent to an activating group) is 1. The normalized spacial score (nSPS) is 19.1. The molecule has 1 aliphatic carbocycles. The summed E-state index contributed by atoms with van der Waals surface area (Å²) in [5.41, 5.74) is 5.86. The van der Waals surface area contributed by atoms with Gasteiger partial charge in [0.25, 0.3) is 0 Å². The van der Waals surface area contributed by atoms with Crippen LogP contribution in [0.3, 0.4) is 0 Å². The fourth-order valence-corrected chi connectivity index (χ4v) is 2.45. The third-order valence-corrected chi connectivity index (χ3v) is 3.66. The van der Waals surface area contributed by atoms with E-state index in [0.29, 0.717) is 6.54 Å². The minimum Gasteiger partial charge on any atom is -0.339 e. The van der Waals surface area contributed by atoms with Gasteiger partial charge in [-0.2, -0.15) is 4.98 Å². The molecule has 0 aromatic carbocycles. The first-order valence-corrected chi connectivity index (χ1v) is 6.34. The molecule has 2 N–H and O–H groups in total. The van der Waals surface area contributed by atoms with Crippen LogP contribution in [0, 0.1) is 0 Å². The highest BCUT2D eigenvalue weighted by molar-refractivity contribution is 5.09. The van der Waals surface area contributed by atoms with Gasteiger partial charge in [0.2, 0.25) is 5.89 Å². The second-order valence-corrected chi connectivity index (χ2v) is 5.26. The highest BCUT2D eigenvalue weighted by Crippen LogP contribution is 2.39. The summed E-state index contributed by atoms with van der Waals surface area (Å²) in [6.45, 7) is 1.55. The Morgan fingerprint density at radius 2 is 2.06 bits per heavy atom. The summed E-state index contributed by atoms with van der Waals surface area (Å²) < 4.78 is 5.42. The van der Waals surface area contributed by atoms with Crippen molar-refractivity contribution < 1.29 is 4.52 Å². The minimum absolute atomic E-state index is 0.0383. The Labute approximate surface area is 102 Å². The quantitative estimate of drug-likeness (QED) is 0.827. The Morgan fingerprint density at radius 1 is 1.35 bits per heavy atom. The van der Waals surface area contributed by atoms with Crippen LogP contribution < -0.4 is 5.73 Å². The average Bonchev–Trinajstić information content (AvgIpc) is 2.96. The van der Waals surface area contributed by atoms with Gasteiger partial charge in [0, 0.05) is 19.5 Å². The van der Waals surface area contributed by atoms with Crippen molar-refractivity contribution in [3.63, 3.8) is 0 Å². The SMILES string of the molecule is CN(C)CCc1noc(C2(CN)CCCC2)n1. The van der Waals surface area contributed by atoms with Crippen LogP contribution in [0.2, 0.25) is 0 Å². The van der Waals surface area contributed by atoms with Gasteiger partial charge >= 0.3 is 0 Å². The van der Waals surface area contributed by atoms with Gasteiger partial charge in [0.15, 0.2) is 5.82 Å². The molecule has 1 aliphatic rings. The summed E-state index contributed by atoms with van der Waals surface area (Å²) in [6.07, 6.45) is 5.42. The van der Waals surface area contributed by atoms with E-state index in [0.717, 1.165) is 37.5 Å². The molecule has 5 heteroatoms. The van der Waals surface area contributed by atoms with Crippen LogP contribution in [-0.2, 0) is 11.8 Å². The van der Waals surface area contributed by atoms with Crippen molar-refractivity contribution in [1.29, 1.82) is 0 Å². The molecule has 0 saturated heterocycles. The molecule has 0 spiro atoms. The predicted molar refractivity (Wildman–Crippen MR) is 65.8 cm³/mol. The highest BCUT2D eigenvalue weighted by Gasteiger charge is 2.39. The van der Waals surface area contributed by atoms with Crippen LogP contribution in [0.25, 0.3) is 0 Å². The second kappa shape index (κ2) is 5.14. The fraction of sp³-hybridized carbons (Fsp3) is 0.833. The fourth-order valence-electron chi connectivity index (χ4n) is 2.45. The summed E-state index contributed by atoms with van der Waals surface area (Å²) in [7, 11) is 4.08. The third-order valence-electron chi connectivity index (χ3n) is 3.66. The molecule has 1 aromatic heterocycles. The molecule has 0 radical (unpaired) electrons. The number of nitrogens with two attached hydrogens (primary N) is 1. The summed E-state index contributed by atoms with van der Waals surface area (Å²) >= 11 is 0. The smallest absolute Gasteiger partial charge is 0.234 e. The van der Waals surface area contributed by atoms with E-state index >= 15 is 0 Å². The first-order valence-electron chi connectivity index (χ1n) is 6.34. The number of nitrogens with zero attached hydrogens (tertiary/aromatic N) is 3. The highest BCUT2D eigenvalue weighted by atomic mass is 16.5. The Balaban J connectivity index is 2.06. The molecule has 1 saturated carbocycles. The first-order chi connectivity index (χ1) is 8.16. The minimum atomic E-state index is -0.0383. The lowest BCUT2D eigenvalue weighted by Crippen LogP contribution is -2.32. The van der Waals surface area contributed by atoms with Crippen molar-refractivity contribution >= 4 is 0 Å². The maximum absolute atomic E-state index is 5.90. The number of hydrogen-bond donors (Lipinski definition) is 1. The van der Waals surface area contributed by atoms with Crippen LogP contribution in [0.5, 0.6) is 0 Å². The van der Waals surface area contributed by atoms with Crippen molar-refractivity contribution in [3.05, 3.63) is 11.7 Å². The molecule has 0 atom stereocenters. The zero-order valence-electron chi connectivity index (χ0n) is 10.8. The molecule has 96 valence electrons. The Hall–Kier alpha value is -0.940. The van der Waals surface area contributed by atoms with E-state index < -0.39 is 0 Å². The van der Waals surface area contributed by atoms with E-state index in [1.54, 1.807) is 0 Å². The molecule has 0 unspecified atom stereocenters. The lowest BCUT2D eigenvalue weighted by molar-refractivity contribution is 0.282. The molecule has 1 aromatic rings. The zero-order chi connectivity index (χ0) is 12.3. The maximum Gasteiger partial charge on any atom is 0.234 e. The Bertz CT molecular complexity index is 355. The van der Waals surface area contributed by atoms with Gasteiger partial charge in [-0.3, -0.25) is 0 Å². The van der Waals surface area contributed by atoms with E-state index in [1.807, 2.05) is 14.1 Å². The third kappa shape index (κ3) is 2.66. The monoisotopic (exact) mass is 238 g/mol. The van der Waals surface area contributed by atoms with Gasteiger partial charge in [0.1, 0.15) is 0 Å². The molecule has 5 nitrogen and oxygen atoms in total. The standard InChI is InChI=1S/C12H22N4O/c1-16(2)8-5-10-14-11(17-15-10)12(9-13)6-3-4-7-12/h3-9,13H2,1-2H3. The molecule has 2 rings (SSSR count). The van der Waals surface area contributed by atoms with Crippen LogP contribution in [0.15, 0.2) is 4.52 Å². The molecule has 0 bridgehead atoms. The average molecular weight is 238 g/mol. The van der Waals surface area contributed by atoms with Gasteiger partial charge < -0.3 is 15.2 Å². The molecular weight excluding hydrogens is 216 g/mol. The largest absolute Gasteiger partial charge is 0.339 e. The zero-order valence-corrected chi connectivity index (χ0v) is 10.8. The van der Waals surface area contributed by atoms with Crippen LogP contribution >= 0.6 is 0 Å². The van der Waals surface area contributed by atoms with Crippen LogP contribution in [0.4, 0.5) is 0 Å². The topological polar surface area (TPSA) is 68.2 Å². The predicted octanol–water partition coefficient (Wildman–Crippen LogP) is 0.944. The Morgan fingerprint density at radius 3 is 2.65 bits per heavy atom. The maximum atomic E-state index is 5.90. The van der Waals surface area contributed by atoms with Crippen molar-refractivity contribution in [2.45, 2.75) is 37.5 Å². The molecule has 0 amide bonds. The van der Waals surface area contributed by atoms with E-state index in [-0.39, 0.29) is 5.41 Å². The van der Waals surface area contributed by atoms with Crippen LogP contribution in [0.1, 0.15) is 37.4 Å². The van der Waals surface area contributed by atoms with Gasteiger partial charge in [0.05, 0.1) is 5.41 Å². The summed E-state index contributed by atoms with van der Waals surface area (Å²) in [5, 5.41) is 4.06. The van der Waals surface area contributed by atoms with E-state index in [1.165, 1.54) is 12.8 Å². The Kier molecular flexibility index (Phi) is 3.79. The summed E-state index contributed by atoms with van der Waals surface area (Å²) in [4.78, 5) is 6.64.